The minimum atomic E-state index is -1.17. The Morgan fingerprint density at radius 1 is 1.39 bits per heavy atom. The molecule has 1 aliphatic heterocycles. The SMILES string of the molecule is N#Cc1c(F)cc(-c2c(C(=O)N=O)nn3c2OCCC3)cc1F. The summed E-state index contributed by atoms with van der Waals surface area (Å²) in [6, 6.07) is 3.19. The minimum absolute atomic E-state index is 0.0170. The first-order valence-electron chi connectivity index (χ1n) is 6.57. The van der Waals surface area contributed by atoms with Crippen LogP contribution in [0.5, 0.6) is 5.88 Å². The number of carbonyl (C=O) groups is 1. The summed E-state index contributed by atoms with van der Waals surface area (Å²) in [5.74, 6) is -3.21. The van der Waals surface area contributed by atoms with Gasteiger partial charge in [0.1, 0.15) is 23.3 Å². The number of halogens is 2. The molecule has 9 heteroatoms. The lowest BCUT2D eigenvalue weighted by atomic mass is 10.0. The minimum Gasteiger partial charge on any atom is -0.477 e. The van der Waals surface area contributed by atoms with Crippen LogP contribution in [-0.2, 0) is 6.54 Å². The molecule has 1 aliphatic rings. The summed E-state index contributed by atoms with van der Waals surface area (Å²) in [5.41, 5.74) is -1.16. The van der Waals surface area contributed by atoms with Crippen molar-refractivity contribution in [2.75, 3.05) is 6.61 Å². The molecule has 0 radical (unpaired) electrons. The lowest BCUT2D eigenvalue weighted by Gasteiger charge is -2.16. The van der Waals surface area contributed by atoms with Crippen LogP contribution in [0.1, 0.15) is 22.5 Å². The summed E-state index contributed by atoms with van der Waals surface area (Å²) in [4.78, 5) is 22.2. The van der Waals surface area contributed by atoms with Gasteiger partial charge in [-0.2, -0.15) is 10.4 Å². The molecule has 0 N–H and O–H groups in total. The number of ether oxygens (including phenoxy) is 1. The van der Waals surface area contributed by atoms with E-state index in [0.29, 0.717) is 19.6 Å². The molecule has 2 aromatic rings. The van der Waals surface area contributed by atoms with E-state index >= 15 is 0 Å². The Balaban J connectivity index is 2.27. The third kappa shape index (κ3) is 2.34. The van der Waals surface area contributed by atoms with E-state index in [1.54, 1.807) is 0 Å². The van der Waals surface area contributed by atoms with E-state index in [2.05, 4.69) is 10.3 Å². The number of nitroso groups, excluding NO2 is 1. The lowest BCUT2D eigenvalue weighted by Crippen LogP contribution is -2.15. The Hall–Kier alpha value is -3.15. The summed E-state index contributed by atoms with van der Waals surface area (Å²) in [7, 11) is 0. The van der Waals surface area contributed by atoms with Crippen molar-refractivity contribution in [3.05, 3.63) is 39.9 Å². The van der Waals surface area contributed by atoms with Crippen molar-refractivity contribution in [3.63, 3.8) is 0 Å². The van der Waals surface area contributed by atoms with Gasteiger partial charge in [-0.25, -0.2) is 13.5 Å². The van der Waals surface area contributed by atoms with Gasteiger partial charge >= 0.3 is 5.91 Å². The molecule has 2 heterocycles. The van der Waals surface area contributed by atoms with Crippen molar-refractivity contribution in [2.24, 2.45) is 5.18 Å². The van der Waals surface area contributed by atoms with Gasteiger partial charge in [-0.3, -0.25) is 4.79 Å². The fourth-order valence-electron chi connectivity index (χ4n) is 2.41. The first kappa shape index (κ1) is 14.8. The lowest BCUT2D eigenvalue weighted by molar-refractivity contribution is 0.0995. The molecule has 7 nitrogen and oxygen atoms in total. The monoisotopic (exact) mass is 318 g/mol. The van der Waals surface area contributed by atoms with E-state index < -0.39 is 23.1 Å². The summed E-state index contributed by atoms with van der Waals surface area (Å²) in [5, 5.41) is 15.0. The molecule has 0 bridgehead atoms. The van der Waals surface area contributed by atoms with Crippen molar-refractivity contribution in [1.29, 1.82) is 5.26 Å². The number of aryl methyl sites for hydroxylation is 1. The molecule has 1 amide bonds. The number of nitriles is 1. The molecule has 1 aromatic heterocycles. The van der Waals surface area contributed by atoms with Crippen LogP contribution >= 0.6 is 0 Å². The maximum absolute atomic E-state index is 13.8. The Labute approximate surface area is 128 Å². The molecule has 0 unspecified atom stereocenters. The molecule has 0 spiro atoms. The van der Waals surface area contributed by atoms with Crippen LogP contribution in [0.25, 0.3) is 11.1 Å². The third-order valence-electron chi connectivity index (χ3n) is 3.39. The summed E-state index contributed by atoms with van der Waals surface area (Å²) < 4.78 is 34.5. The number of amides is 1. The molecular formula is C14H8F2N4O3. The average Bonchev–Trinajstić information content (AvgIpc) is 2.93. The number of fused-ring (bicyclic) bond motifs is 1. The predicted octanol–water partition coefficient (Wildman–Crippen LogP) is 2.39. The van der Waals surface area contributed by atoms with Crippen molar-refractivity contribution in [1.82, 2.24) is 9.78 Å². The zero-order valence-electron chi connectivity index (χ0n) is 11.5. The fourth-order valence-corrected chi connectivity index (χ4v) is 2.41. The highest BCUT2D eigenvalue weighted by Crippen LogP contribution is 2.37. The Morgan fingerprint density at radius 2 is 2.09 bits per heavy atom. The number of rotatable bonds is 2. The fraction of sp³-hybridized carbons (Fsp3) is 0.214. The van der Waals surface area contributed by atoms with E-state index in [-0.39, 0.29) is 22.7 Å². The number of nitrogens with zero attached hydrogens (tertiary/aromatic N) is 4. The maximum Gasteiger partial charge on any atom is 0.337 e. The van der Waals surface area contributed by atoms with Gasteiger partial charge in [0.2, 0.25) is 5.88 Å². The molecule has 0 aliphatic carbocycles. The molecule has 0 atom stereocenters. The van der Waals surface area contributed by atoms with Crippen LogP contribution in [0.3, 0.4) is 0 Å². The van der Waals surface area contributed by atoms with Gasteiger partial charge in [-0.05, 0) is 17.7 Å². The van der Waals surface area contributed by atoms with Gasteiger partial charge in [-0.15, -0.1) is 4.91 Å². The van der Waals surface area contributed by atoms with Gasteiger partial charge in [0, 0.05) is 18.1 Å². The third-order valence-corrected chi connectivity index (χ3v) is 3.39. The van der Waals surface area contributed by atoms with Crippen molar-refractivity contribution < 1.29 is 18.3 Å². The highest BCUT2D eigenvalue weighted by atomic mass is 19.1. The summed E-state index contributed by atoms with van der Waals surface area (Å²) in [6.07, 6.45) is 0.631. The number of benzene rings is 1. The second kappa shape index (κ2) is 5.57. The van der Waals surface area contributed by atoms with Crippen LogP contribution in [-0.4, -0.2) is 22.3 Å². The van der Waals surface area contributed by atoms with Crippen molar-refractivity contribution in [2.45, 2.75) is 13.0 Å². The quantitative estimate of drug-likeness (QED) is 0.792. The topological polar surface area (TPSA) is 97.3 Å². The van der Waals surface area contributed by atoms with Crippen LogP contribution in [0.15, 0.2) is 17.3 Å². The van der Waals surface area contributed by atoms with Gasteiger partial charge in [0.25, 0.3) is 0 Å². The molecule has 0 fully saturated rings. The van der Waals surface area contributed by atoms with Gasteiger partial charge < -0.3 is 4.74 Å². The molecule has 3 rings (SSSR count). The maximum atomic E-state index is 13.8. The summed E-state index contributed by atoms with van der Waals surface area (Å²) in [6.45, 7) is 0.762. The van der Waals surface area contributed by atoms with Crippen LogP contribution in [0, 0.1) is 27.9 Å². The zero-order valence-corrected chi connectivity index (χ0v) is 11.5. The number of hydrogen-bond acceptors (Lipinski definition) is 5. The van der Waals surface area contributed by atoms with E-state index in [9.17, 15) is 18.5 Å². The second-order valence-corrected chi connectivity index (χ2v) is 4.78. The van der Waals surface area contributed by atoms with Gasteiger partial charge in [-0.1, -0.05) is 0 Å². The normalized spacial score (nSPS) is 12.9. The first-order chi connectivity index (χ1) is 11.1. The predicted molar refractivity (Wildman–Crippen MR) is 72.5 cm³/mol. The Morgan fingerprint density at radius 3 is 2.70 bits per heavy atom. The molecular weight excluding hydrogens is 310 g/mol. The van der Waals surface area contributed by atoms with E-state index in [1.165, 1.54) is 10.8 Å². The van der Waals surface area contributed by atoms with Crippen LogP contribution in [0.2, 0.25) is 0 Å². The summed E-state index contributed by atoms with van der Waals surface area (Å²) >= 11 is 0. The molecule has 116 valence electrons. The first-order valence-corrected chi connectivity index (χ1v) is 6.57. The van der Waals surface area contributed by atoms with Gasteiger partial charge in [0.05, 0.1) is 12.2 Å². The zero-order chi connectivity index (χ0) is 16.6. The molecule has 23 heavy (non-hydrogen) atoms. The van der Waals surface area contributed by atoms with E-state index in [0.717, 1.165) is 12.1 Å². The van der Waals surface area contributed by atoms with Crippen LogP contribution < -0.4 is 4.74 Å². The number of hydrogen-bond donors (Lipinski definition) is 0. The second-order valence-electron chi connectivity index (χ2n) is 4.78. The Bertz CT molecular complexity index is 847. The largest absolute Gasteiger partial charge is 0.477 e. The molecule has 0 saturated heterocycles. The smallest absolute Gasteiger partial charge is 0.337 e. The van der Waals surface area contributed by atoms with Gasteiger partial charge in [0.15, 0.2) is 5.69 Å². The standard InChI is InChI=1S/C14H8F2N4O3/c15-9-4-7(5-10(16)8(9)6-17)11-12(13(21)19-22)18-20-2-1-3-23-14(11)20/h4-5H,1-3H2. The van der Waals surface area contributed by atoms with Crippen molar-refractivity contribution >= 4 is 5.91 Å². The molecule has 0 saturated carbocycles. The van der Waals surface area contributed by atoms with Crippen LogP contribution in [0.4, 0.5) is 8.78 Å². The average molecular weight is 318 g/mol. The van der Waals surface area contributed by atoms with Crippen molar-refractivity contribution in [3.8, 4) is 23.1 Å². The highest BCUT2D eigenvalue weighted by molar-refractivity contribution is 6.01. The Kier molecular flexibility index (Phi) is 3.57. The number of carbonyl (C=O) groups excluding carboxylic acids is 1. The number of aromatic nitrogens is 2. The molecule has 1 aromatic carbocycles. The van der Waals surface area contributed by atoms with E-state index in [4.69, 9.17) is 10.00 Å². The van der Waals surface area contributed by atoms with E-state index in [1.807, 2.05) is 0 Å². The highest BCUT2D eigenvalue weighted by Gasteiger charge is 2.29.